The second kappa shape index (κ2) is 7.51. The Kier molecular flexibility index (Phi) is 5.89. The Morgan fingerprint density at radius 3 is 2.30 bits per heavy atom. The molecule has 0 aromatic heterocycles. The molecule has 1 aromatic carbocycles. The number of morpholine rings is 1. The molecule has 1 saturated heterocycles. The van der Waals surface area contributed by atoms with Crippen LogP contribution in [-0.4, -0.2) is 51.2 Å². The van der Waals surface area contributed by atoms with Gasteiger partial charge in [-0.1, -0.05) is 0 Å². The van der Waals surface area contributed by atoms with Crippen molar-refractivity contribution in [2.24, 2.45) is 0 Å². The molecule has 1 aliphatic rings. The van der Waals surface area contributed by atoms with Crippen LogP contribution in [0.4, 0.5) is 0 Å². The minimum Gasteiger partial charge on any atom is -0.494 e. The van der Waals surface area contributed by atoms with Gasteiger partial charge in [0.2, 0.25) is 10.0 Å². The van der Waals surface area contributed by atoms with E-state index >= 15 is 0 Å². The van der Waals surface area contributed by atoms with Gasteiger partial charge in [0.1, 0.15) is 16.4 Å². The normalized spacial score (nSPS) is 22.8. The average molecular weight is 343 g/mol. The van der Waals surface area contributed by atoms with E-state index < -0.39 is 10.0 Å². The van der Waals surface area contributed by atoms with Gasteiger partial charge in [-0.2, -0.15) is 4.31 Å². The quantitative estimate of drug-likeness (QED) is 0.793. The number of rotatable bonds is 6. The predicted octanol–water partition coefficient (Wildman–Crippen LogP) is 2.28. The second-order valence-corrected chi connectivity index (χ2v) is 7.46. The van der Waals surface area contributed by atoms with E-state index in [1.807, 2.05) is 27.7 Å². The molecule has 7 heteroatoms. The molecule has 2 rings (SSSR count). The molecular weight excluding hydrogens is 318 g/mol. The van der Waals surface area contributed by atoms with E-state index in [4.69, 9.17) is 14.2 Å². The highest BCUT2D eigenvalue weighted by Crippen LogP contribution is 2.32. The molecule has 0 amide bonds. The fourth-order valence-electron chi connectivity index (χ4n) is 2.69. The maximum absolute atomic E-state index is 13.1. The van der Waals surface area contributed by atoms with E-state index in [2.05, 4.69) is 0 Å². The van der Waals surface area contributed by atoms with E-state index in [-0.39, 0.29) is 17.1 Å². The summed E-state index contributed by atoms with van der Waals surface area (Å²) in [5.41, 5.74) is 0. The van der Waals surface area contributed by atoms with Gasteiger partial charge in [-0.15, -0.1) is 0 Å². The molecule has 2 atom stereocenters. The zero-order valence-corrected chi connectivity index (χ0v) is 14.9. The van der Waals surface area contributed by atoms with Gasteiger partial charge in [0, 0.05) is 19.2 Å². The highest BCUT2D eigenvalue weighted by Gasteiger charge is 2.34. The Morgan fingerprint density at radius 1 is 1.13 bits per heavy atom. The summed E-state index contributed by atoms with van der Waals surface area (Å²) in [7, 11) is -3.67. The first kappa shape index (κ1) is 18.0. The zero-order chi connectivity index (χ0) is 17.0. The molecule has 0 aliphatic carbocycles. The molecule has 0 saturated carbocycles. The summed E-state index contributed by atoms with van der Waals surface area (Å²) in [6.45, 7) is 8.96. The second-order valence-electron chi connectivity index (χ2n) is 5.55. The molecule has 1 fully saturated rings. The number of nitrogens with zero attached hydrogens (tertiary/aromatic N) is 1. The molecule has 23 heavy (non-hydrogen) atoms. The monoisotopic (exact) mass is 343 g/mol. The molecule has 0 radical (unpaired) electrons. The van der Waals surface area contributed by atoms with Gasteiger partial charge in [0.05, 0.1) is 25.4 Å². The van der Waals surface area contributed by atoms with Crippen molar-refractivity contribution in [3.63, 3.8) is 0 Å². The number of hydrogen-bond donors (Lipinski definition) is 0. The predicted molar refractivity (Wildman–Crippen MR) is 87.5 cm³/mol. The van der Waals surface area contributed by atoms with Crippen molar-refractivity contribution in [2.45, 2.75) is 44.8 Å². The van der Waals surface area contributed by atoms with Crippen molar-refractivity contribution in [3.05, 3.63) is 18.2 Å². The largest absolute Gasteiger partial charge is 0.494 e. The topological polar surface area (TPSA) is 65.1 Å². The van der Waals surface area contributed by atoms with Crippen molar-refractivity contribution in [2.75, 3.05) is 26.3 Å². The Morgan fingerprint density at radius 2 is 1.74 bits per heavy atom. The van der Waals surface area contributed by atoms with Crippen molar-refractivity contribution in [1.29, 1.82) is 0 Å². The lowest BCUT2D eigenvalue weighted by Gasteiger charge is -2.34. The van der Waals surface area contributed by atoms with Crippen molar-refractivity contribution in [1.82, 2.24) is 4.31 Å². The number of benzene rings is 1. The van der Waals surface area contributed by atoms with Crippen LogP contribution in [0.1, 0.15) is 27.7 Å². The molecular formula is C16H25NO5S. The Hall–Kier alpha value is -1.31. The summed E-state index contributed by atoms with van der Waals surface area (Å²) >= 11 is 0. The van der Waals surface area contributed by atoms with Crippen LogP contribution in [0.5, 0.6) is 11.5 Å². The summed E-state index contributed by atoms with van der Waals surface area (Å²) in [6.07, 6.45) is -0.279. The third-order valence-corrected chi connectivity index (χ3v) is 5.38. The van der Waals surface area contributed by atoms with Crippen LogP contribution in [0.3, 0.4) is 0 Å². The molecule has 1 aromatic rings. The summed E-state index contributed by atoms with van der Waals surface area (Å²) in [5.74, 6) is 0.867. The first-order valence-electron chi connectivity index (χ1n) is 7.93. The third-order valence-electron chi connectivity index (χ3n) is 3.53. The third kappa shape index (κ3) is 4.16. The van der Waals surface area contributed by atoms with Gasteiger partial charge >= 0.3 is 0 Å². The van der Waals surface area contributed by atoms with E-state index in [1.165, 1.54) is 10.4 Å². The van der Waals surface area contributed by atoms with Crippen LogP contribution in [0.15, 0.2) is 23.1 Å². The van der Waals surface area contributed by atoms with Gasteiger partial charge in [0.15, 0.2) is 0 Å². The minimum absolute atomic E-state index is 0.140. The maximum atomic E-state index is 13.1. The van der Waals surface area contributed by atoms with Gasteiger partial charge in [-0.05, 0) is 39.8 Å². The summed E-state index contributed by atoms with van der Waals surface area (Å²) in [4.78, 5) is 0.145. The van der Waals surface area contributed by atoms with E-state index in [9.17, 15) is 8.42 Å². The Balaban J connectivity index is 2.41. The van der Waals surface area contributed by atoms with Gasteiger partial charge in [0.25, 0.3) is 0 Å². The fraction of sp³-hybridized carbons (Fsp3) is 0.625. The number of sulfonamides is 1. The number of ether oxygens (including phenoxy) is 3. The van der Waals surface area contributed by atoms with Crippen LogP contribution in [0, 0.1) is 0 Å². The lowest BCUT2D eigenvalue weighted by molar-refractivity contribution is -0.0441. The summed E-state index contributed by atoms with van der Waals surface area (Å²) in [5, 5.41) is 0. The smallest absolute Gasteiger partial charge is 0.247 e. The van der Waals surface area contributed by atoms with E-state index in [0.717, 1.165) is 0 Å². The van der Waals surface area contributed by atoms with Crippen LogP contribution < -0.4 is 9.47 Å². The highest BCUT2D eigenvalue weighted by atomic mass is 32.2. The van der Waals surface area contributed by atoms with E-state index in [0.29, 0.717) is 37.8 Å². The van der Waals surface area contributed by atoms with Crippen molar-refractivity contribution < 1.29 is 22.6 Å². The number of hydrogen-bond acceptors (Lipinski definition) is 5. The minimum atomic E-state index is -3.67. The van der Waals surface area contributed by atoms with Gasteiger partial charge in [-0.25, -0.2) is 8.42 Å². The maximum Gasteiger partial charge on any atom is 0.247 e. The SMILES string of the molecule is CCOc1ccc(OCC)c(S(=O)(=O)N2C[C@H](C)O[C@@H](C)C2)c1. The van der Waals surface area contributed by atoms with E-state index in [1.54, 1.807) is 12.1 Å². The zero-order valence-electron chi connectivity index (χ0n) is 14.1. The molecule has 0 unspecified atom stereocenters. The Labute approximate surface area is 138 Å². The van der Waals surface area contributed by atoms with Gasteiger partial charge in [-0.3, -0.25) is 0 Å². The van der Waals surface area contributed by atoms with Gasteiger partial charge < -0.3 is 14.2 Å². The molecule has 0 spiro atoms. The molecule has 6 nitrogen and oxygen atoms in total. The van der Waals surface area contributed by atoms with Crippen LogP contribution >= 0.6 is 0 Å². The first-order valence-corrected chi connectivity index (χ1v) is 9.37. The van der Waals surface area contributed by atoms with Crippen LogP contribution in [-0.2, 0) is 14.8 Å². The van der Waals surface area contributed by atoms with Crippen LogP contribution in [0.2, 0.25) is 0 Å². The molecule has 0 bridgehead atoms. The molecule has 1 aliphatic heterocycles. The lowest BCUT2D eigenvalue weighted by Crippen LogP contribution is -2.48. The standard InChI is InChI=1S/C16H25NO5S/c1-5-20-14-7-8-15(21-6-2)16(9-14)23(18,19)17-10-12(3)22-13(4)11-17/h7-9,12-13H,5-6,10-11H2,1-4H3/t12-,13-/m0/s1. The first-order chi connectivity index (χ1) is 10.9. The van der Waals surface area contributed by atoms with Crippen LogP contribution in [0.25, 0.3) is 0 Å². The Bertz CT molecular complexity index is 621. The molecule has 0 N–H and O–H groups in total. The lowest BCUT2D eigenvalue weighted by atomic mass is 10.3. The average Bonchev–Trinajstić information content (AvgIpc) is 2.48. The fourth-order valence-corrected chi connectivity index (χ4v) is 4.42. The highest BCUT2D eigenvalue weighted by molar-refractivity contribution is 7.89. The molecule has 1 heterocycles. The van der Waals surface area contributed by atoms with Crippen molar-refractivity contribution >= 4 is 10.0 Å². The van der Waals surface area contributed by atoms with Crippen molar-refractivity contribution in [3.8, 4) is 11.5 Å². The molecule has 130 valence electrons. The summed E-state index contributed by atoms with van der Waals surface area (Å²) in [6, 6.07) is 4.90. The summed E-state index contributed by atoms with van der Waals surface area (Å²) < 4.78 is 44.2.